The average molecular weight is 325 g/mol. The van der Waals surface area contributed by atoms with Crippen molar-refractivity contribution < 1.29 is 0 Å². The maximum absolute atomic E-state index is 6.22. The highest BCUT2D eigenvalue weighted by Gasteiger charge is 2.17. The molecule has 2 rings (SSSR count). The van der Waals surface area contributed by atoms with E-state index in [4.69, 9.17) is 11.6 Å². The molecule has 4 nitrogen and oxygen atoms in total. The SMILES string of the molecule is CCCn1nncc1C(CSc1ccccc1Cl)NCC. The van der Waals surface area contributed by atoms with E-state index in [9.17, 15) is 0 Å². The number of nitrogens with one attached hydrogen (secondary N) is 1. The van der Waals surface area contributed by atoms with Crippen molar-refractivity contribution in [1.29, 1.82) is 0 Å². The van der Waals surface area contributed by atoms with Crippen molar-refractivity contribution in [3.8, 4) is 0 Å². The number of rotatable bonds is 8. The van der Waals surface area contributed by atoms with Gasteiger partial charge in [0.15, 0.2) is 0 Å². The summed E-state index contributed by atoms with van der Waals surface area (Å²) in [5.74, 6) is 0.897. The molecule has 1 aromatic carbocycles. The van der Waals surface area contributed by atoms with Crippen molar-refractivity contribution in [2.24, 2.45) is 0 Å². The number of benzene rings is 1. The summed E-state index contributed by atoms with van der Waals surface area (Å²) in [7, 11) is 0. The summed E-state index contributed by atoms with van der Waals surface area (Å²) in [6.07, 6.45) is 2.91. The van der Waals surface area contributed by atoms with Gasteiger partial charge in [-0.05, 0) is 25.1 Å². The molecule has 1 N–H and O–H groups in total. The minimum Gasteiger partial charge on any atom is -0.308 e. The van der Waals surface area contributed by atoms with Crippen molar-refractivity contribution in [1.82, 2.24) is 20.3 Å². The van der Waals surface area contributed by atoms with Crippen molar-refractivity contribution in [3.63, 3.8) is 0 Å². The lowest BCUT2D eigenvalue weighted by Gasteiger charge is -2.18. The van der Waals surface area contributed by atoms with Crippen LogP contribution in [0.4, 0.5) is 0 Å². The Morgan fingerprint density at radius 2 is 2.14 bits per heavy atom. The van der Waals surface area contributed by atoms with Crippen LogP contribution in [-0.2, 0) is 6.54 Å². The van der Waals surface area contributed by atoms with E-state index in [0.717, 1.165) is 40.9 Å². The molecule has 0 amide bonds. The molecule has 2 aromatic rings. The van der Waals surface area contributed by atoms with Crippen LogP contribution in [-0.4, -0.2) is 27.3 Å². The summed E-state index contributed by atoms with van der Waals surface area (Å²) < 4.78 is 1.99. The standard InChI is InChI=1S/C15H21ClN4S/c1-3-9-20-14(10-18-19-20)13(17-4-2)11-21-15-8-6-5-7-12(15)16/h5-8,10,13,17H,3-4,9,11H2,1-2H3. The number of aryl methyl sites for hydroxylation is 1. The summed E-state index contributed by atoms with van der Waals surface area (Å²) in [6, 6.07) is 8.17. The smallest absolute Gasteiger partial charge is 0.0765 e. The largest absolute Gasteiger partial charge is 0.308 e. The van der Waals surface area contributed by atoms with Gasteiger partial charge in [0.2, 0.25) is 0 Å². The molecule has 6 heteroatoms. The summed E-state index contributed by atoms with van der Waals surface area (Å²) >= 11 is 7.98. The zero-order chi connectivity index (χ0) is 15.1. The molecule has 114 valence electrons. The Kier molecular flexibility index (Phi) is 6.54. The van der Waals surface area contributed by atoms with Crippen molar-refractivity contribution >= 4 is 23.4 Å². The predicted octanol–water partition coefficient (Wildman–Crippen LogP) is 3.78. The van der Waals surface area contributed by atoms with Gasteiger partial charge in [0, 0.05) is 17.2 Å². The zero-order valence-corrected chi connectivity index (χ0v) is 14.0. The Morgan fingerprint density at radius 3 is 2.86 bits per heavy atom. The van der Waals surface area contributed by atoms with Crippen LogP contribution in [0.2, 0.25) is 5.02 Å². The molecule has 21 heavy (non-hydrogen) atoms. The third kappa shape index (κ3) is 4.46. The summed E-state index contributed by atoms with van der Waals surface area (Å²) in [4.78, 5) is 1.11. The Balaban J connectivity index is 2.08. The molecule has 0 radical (unpaired) electrons. The molecule has 1 atom stereocenters. The van der Waals surface area contributed by atoms with Gasteiger partial charge in [0.05, 0.1) is 23.0 Å². The predicted molar refractivity (Wildman–Crippen MR) is 88.9 cm³/mol. The summed E-state index contributed by atoms with van der Waals surface area (Å²) in [5.41, 5.74) is 1.14. The highest BCUT2D eigenvalue weighted by Crippen LogP contribution is 2.30. The second kappa shape index (κ2) is 8.41. The van der Waals surface area contributed by atoms with E-state index in [1.807, 2.05) is 29.1 Å². The van der Waals surface area contributed by atoms with E-state index in [-0.39, 0.29) is 6.04 Å². The van der Waals surface area contributed by atoms with Gasteiger partial charge < -0.3 is 5.32 Å². The topological polar surface area (TPSA) is 42.7 Å². The Bertz CT molecular complexity index is 558. The van der Waals surface area contributed by atoms with Crippen LogP contribution in [0.1, 0.15) is 32.0 Å². The first-order valence-electron chi connectivity index (χ1n) is 7.25. The number of hydrogen-bond acceptors (Lipinski definition) is 4. The number of hydrogen-bond donors (Lipinski definition) is 1. The molecular formula is C15H21ClN4S. The van der Waals surface area contributed by atoms with Crippen molar-refractivity contribution in [3.05, 3.63) is 41.2 Å². The van der Waals surface area contributed by atoms with Gasteiger partial charge in [-0.3, -0.25) is 0 Å². The first kappa shape index (κ1) is 16.3. The van der Waals surface area contributed by atoms with Crippen LogP contribution in [0.25, 0.3) is 0 Å². The lowest BCUT2D eigenvalue weighted by atomic mass is 10.2. The molecule has 1 aromatic heterocycles. The molecule has 0 aliphatic carbocycles. The normalized spacial score (nSPS) is 12.5. The minimum absolute atomic E-state index is 0.220. The third-order valence-electron chi connectivity index (χ3n) is 3.13. The minimum atomic E-state index is 0.220. The van der Waals surface area contributed by atoms with E-state index in [1.54, 1.807) is 11.8 Å². The highest BCUT2D eigenvalue weighted by atomic mass is 35.5. The Labute approximate surface area is 135 Å². The third-order valence-corrected chi connectivity index (χ3v) is 4.74. The van der Waals surface area contributed by atoms with Crippen LogP contribution in [0.15, 0.2) is 35.4 Å². The summed E-state index contributed by atoms with van der Waals surface area (Å²) in [6.45, 7) is 6.06. The molecule has 0 saturated carbocycles. The van der Waals surface area contributed by atoms with Gasteiger partial charge in [-0.2, -0.15) is 0 Å². The van der Waals surface area contributed by atoms with Crippen molar-refractivity contribution in [2.75, 3.05) is 12.3 Å². The molecule has 0 aliphatic heterocycles. The van der Waals surface area contributed by atoms with Crippen LogP contribution >= 0.6 is 23.4 Å². The number of nitrogens with zero attached hydrogens (tertiary/aromatic N) is 3. The monoisotopic (exact) mass is 324 g/mol. The molecule has 0 saturated heterocycles. The zero-order valence-electron chi connectivity index (χ0n) is 12.4. The second-order valence-electron chi connectivity index (χ2n) is 4.73. The fraction of sp³-hybridized carbons (Fsp3) is 0.467. The van der Waals surface area contributed by atoms with E-state index < -0.39 is 0 Å². The van der Waals surface area contributed by atoms with Gasteiger partial charge in [0.1, 0.15) is 0 Å². The fourth-order valence-electron chi connectivity index (χ4n) is 2.15. The highest BCUT2D eigenvalue weighted by molar-refractivity contribution is 7.99. The van der Waals surface area contributed by atoms with Crippen LogP contribution in [0.5, 0.6) is 0 Å². The first-order valence-corrected chi connectivity index (χ1v) is 8.61. The number of aromatic nitrogens is 3. The Hall–Kier alpha value is -1.04. The quantitative estimate of drug-likeness (QED) is 0.750. The first-order chi connectivity index (χ1) is 10.3. The lowest BCUT2D eigenvalue weighted by molar-refractivity contribution is 0.501. The maximum atomic E-state index is 6.22. The molecule has 1 heterocycles. The van der Waals surface area contributed by atoms with E-state index >= 15 is 0 Å². The van der Waals surface area contributed by atoms with Gasteiger partial charge in [-0.25, -0.2) is 4.68 Å². The van der Waals surface area contributed by atoms with Crippen LogP contribution < -0.4 is 5.32 Å². The molecular weight excluding hydrogens is 304 g/mol. The molecule has 0 fully saturated rings. The van der Waals surface area contributed by atoms with E-state index in [0.29, 0.717) is 0 Å². The maximum Gasteiger partial charge on any atom is 0.0765 e. The average Bonchev–Trinajstić information content (AvgIpc) is 2.93. The van der Waals surface area contributed by atoms with Crippen molar-refractivity contribution in [2.45, 2.75) is 37.8 Å². The molecule has 1 unspecified atom stereocenters. The van der Waals surface area contributed by atoms with Gasteiger partial charge in [-0.1, -0.05) is 42.8 Å². The number of halogens is 1. The molecule has 0 aliphatic rings. The lowest BCUT2D eigenvalue weighted by Crippen LogP contribution is -2.25. The molecule has 0 spiro atoms. The van der Waals surface area contributed by atoms with Gasteiger partial charge in [-0.15, -0.1) is 16.9 Å². The Morgan fingerprint density at radius 1 is 1.33 bits per heavy atom. The fourth-order valence-corrected chi connectivity index (χ4v) is 3.47. The van der Waals surface area contributed by atoms with Crippen LogP contribution in [0.3, 0.4) is 0 Å². The van der Waals surface area contributed by atoms with Gasteiger partial charge >= 0.3 is 0 Å². The summed E-state index contributed by atoms with van der Waals surface area (Å²) in [5, 5.41) is 12.5. The van der Waals surface area contributed by atoms with E-state index in [1.165, 1.54) is 0 Å². The number of thioether (sulfide) groups is 1. The van der Waals surface area contributed by atoms with Gasteiger partial charge in [0.25, 0.3) is 0 Å². The second-order valence-corrected chi connectivity index (χ2v) is 6.20. The molecule has 0 bridgehead atoms. The van der Waals surface area contributed by atoms with E-state index in [2.05, 4.69) is 35.5 Å². The van der Waals surface area contributed by atoms with Crippen LogP contribution in [0, 0.1) is 0 Å².